The predicted octanol–water partition coefficient (Wildman–Crippen LogP) is 1.14. The molecule has 94 valence electrons. The van der Waals surface area contributed by atoms with Crippen LogP contribution in [0.4, 0.5) is 5.13 Å². The molecule has 2 aromatic rings. The molecule has 3 heterocycles. The molecule has 3 rings (SSSR count). The molecule has 0 N–H and O–H groups in total. The molecule has 1 fully saturated rings. The number of rotatable bonds is 3. The average Bonchev–Trinajstić information content (AvgIpc) is 2.71. The van der Waals surface area contributed by atoms with Crippen LogP contribution in [-0.4, -0.2) is 27.9 Å². The summed E-state index contributed by atoms with van der Waals surface area (Å²) in [6.07, 6.45) is 1.65. The summed E-state index contributed by atoms with van der Waals surface area (Å²) in [6, 6.07) is 3.22. The third-order valence-electron chi connectivity index (χ3n) is 3.05. The molecule has 1 saturated heterocycles. The standard InChI is InChI=1S/C12H14N4OS/c1-9-8-18-12(14-9)15-5-10(6-15)7-16-11(17)3-2-4-13-16/h2-4,8,10H,5-7H2,1H3. The highest BCUT2D eigenvalue weighted by atomic mass is 32.1. The van der Waals surface area contributed by atoms with E-state index >= 15 is 0 Å². The Hall–Kier alpha value is -1.69. The van der Waals surface area contributed by atoms with Crippen molar-refractivity contribution >= 4 is 16.5 Å². The van der Waals surface area contributed by atoms with Gasteiger partial charge < -0.3 is 4.90 Å². The van der Waals surface area contributed by atoms with Gasteiger partial charge in [0.1, 0.15) is 0 Å². The summed E-state index contributed by atoms with van der Waals surface area (Å²) < 4.78 is 1.54. The van der Waals surface area contributed by atoms with Crippen LogP contribution in [0.2, 0.25) is 0 Å². The van der Waals surface area contributed by atoms with Crippen LogP contribution in [0.3, 0.4) is 0 Å². The maximum absolute atomic E-state index is 11.5. The van der Waals surface area contributed by atoms with Crippen LogP contribution in [0.25, 0.3) is 0 Å². The van der Waals surface area contributed by atoms with Crippen molar-refractivity contribution in [2.24, 2.45) is 5.92 Å². The van der Waals surface area contributed by atoms with E-state index in [1.165, 1.54) is 4.68 Å². The minimum Gasteiger partial charge on any atom is -0.347 e. The van der Waals surface area contributed by atoms with Crippen molar-refractivity contribution in [2.45, 2.75) is 13.5 Å². The third kappa shape index (κ3) is 2.15. The van der Waals surface area contributed by atoms with E-state index in [1.807, 2.05) is 6.92 Å². The maximum Gasteiger partial charge on any atom is 0.266 e. The lowest BCUT2D eigenvalue weighted by atomic mass is 10.0. The molecule has 1 aliphatic rings. The van der Waals surface area contributed by atoms with Crippen LogP contribution < -0.4 is 10.5 Å². The first kappa shape index (κ1) is 11.4. The quantitative estimate of drug-likeness (QED) is 0.832. The number of nitrogens with zero attached hydrogens (tertiary/aromatic N) is 4. The van der Waals surface area contributed by atoms with Gasteiger partial charge in [0.05, 0.1) is 12.2 Å². The molecule has 0 unspecified atom stereocenters. The van der Waals surface area contributed by atoms with Crippen LogP contribution in [-0.2, 0) is 6.54 Å². The molecule has 1 aliphatic heterocycles. The van der Waals surface area contributed by atoms with Gasteiger partial charge in [0, 0.05) is 36.7 Å². The summed E-state index contributed by atoms with van der Waals surface area (Å²) in [5, 5.41) is 7.22. The number of aromatic nitrogens is 3. The Kier molecular flexibility index (Phi) is 2.87. The number of aryl methyl sites for hydroxylation is 1. The van der Waals surface area contributed by atoms with Crippen LogP contribution in [0.1, 0.15) is 5.69 Å². The van der Waals surface area contributed by atoms with Gasteiger partial charge in [-0.15, -0.1) is 11.3 Å². The molecule has 0 aliphatic carbocycles. The van der Waals surface area contributed by atoms with E-state index in [9.17, 15) is 4.79 Å². The van der Waals surface area contributed by atoms with Crippen LogP contribution in [0, 0.1) is 12.8 Å². The molecule has 0 radical (unpaired) electrons. The van der Waals surface area contributed by atoms with Crippen molar-refractivity contribution in [3.05, 3.63) is 39.8 Å². The zero-order valence-electron chi connectivity index (χ0n) is 10.1. The van der Waals surface area contributed by atoms with Crippen LogP contribution >= 0.6 is 11.3 Å². The second-order valence-electron chi connectivity index (χ2n) is 4.59. The van der Waals surface area contributed by atoms with Gasteiger partial charge in [-0.2, -0.15) is 5.10 Å². The fourth-order valence-electron chi connectivity index (χ4n) is 2.10. The highest BCUT2D eigenvalue weighted by molar-refractivity contribution is 7.13. The molecule has 5 nitrogen and oxygen atoms in total. The first-order valence-electron chi connectivity index (χ1n) is 5.91. The number of anilines is 1. The van der Waals surface area contributed by atoms with E-state index in [-0.39, 0.29) is 5.56 Å². The summed E-state index contributed by atoms with van der Waals surface area (Å²) in [7, 11) is 0. The molecule has 0 amide bonds. The lowest BCUT2D eigenvalue weighted by Crippen LogP contribution is -2.49. The molecule has 0 aromatic carbocycles. The largest absolute Gasteiger partial charge is 0.347 e. The molecule has 0 atom stereocenters. The molecule has 0 spiro atoms. The number of thiazole rings is 1. The SMILES string of the molecule is Cc1csc(N2CC(Cn3ncccc3=O)C2)n1. The molecule has 0 saturated carbocycles. The highest BCUT2D eigenvalue weighted by Crippen LogP contribution is 2.27. The molecule has 6 heteroatoms. The Bertz CT molecular complexity index is 600. The number of hydrogen-bond acceptors (Lipinski definition) is 5. The molecular weight excluding hydrogens is 248 g/mol. The highest BCUT2D eigenvalue weighted by Gasteiger charge is 2.29. The average molecular weight is 262 g/mol. The van der Waals surface area contributed by atoms with Gasteiger partial charge in [0.25, 0.3) is 5.56 Å². The van der Waals surface area contributed by atoms with E-state index in [0.717, 1.165) is 23.9 Å². The molecule has 2 aromatic heterocycles. The van der Waals surface area contributed by atoms with Gasteiger partial charge in [0.15, 0.2) is 5.13 Å². The van der Waals surface area contributed by atoms with Gasteiger partial charge in [-0.05, 0) is 13.0 Å². The third-order valence-corrected chi connectivity index (χ3v) is 4.07. The Morgan fingerprint density at radius 2 is 2.33 bits per heavy atom. The van der Waals surface area contributed by atoms with Crippen molar-refractivity contribution in [1.82, 2.24) is 14.8 Å². The molecule has 18 heavy (non-hydrogen) atoms. The topological polar surface area (TPSA) is 51.0 Å². The van der Waals surface area contributed by atoms with Gasteiger partial charge in [0.2, 0.25) is 0 Å². The first-order valence-corrected chi connectivity index (χ1v) is 6.79. The van der Waals surface area contributed by atoms with Crippen molar-refractivity contribution in [3.63, 3.8) is 0 Å². The van der Waals surface area contributed by atoms with Crippen molar-refractivity contribution in [3.8, 4) is 0 Å². The summed E-state index contributed by atoms with van der Waals surface area (Å²) in [4.78, 5) is 18.2. The maximum atomic E-state index is 11.5. The van der Waals surface area contributed by atoms with Crippen molar-refractivity contribution < 1.29 is 0 Å². The summed E-state index contributed by atoms with van der Waals surface area (Å²) in [6.45, 7) is 4.61. The van der Waals surface area contributed by atoms with Crippen LogP contribution in [0.15, 0.2) is 28.5 Å². The Morgan fingerprint density at radius 1 is 1.50 bits per heavy atom. The molecule has 0 bridgehead atoms. The monoisotopic (exact) mass is 262 g/mol. The van der Waals surface area contributed by atoms with E-state index in [4.69, 9.17) is 0 Å². The van der Waals surface area contributed by atoms with E-state index < -0.39 is 0 Å². The minimum atomic E-state index is -0.0268. The normalized spacial score (nSPS) is 15.7. The molecular formula is C12H14N4OS. The van der Waals surface area contributed by atoms with Gasteiger partial charge in [-0.25, -0.2) is 9.67 Å². The van der Waals surface area contributed by atoms with Crippen LogP contribution in [0.5, 0.6) is 0 Å². The Morgan fingerprint density at radius 3 is 3.00 bits per heavy atom. The summed E-state index contributed by atoms with van der Waals surface area (Å²) in [5.41, 5.74) is 1.04. The van der Waals surface area contributed by atoms with Gasteiger partial charge >= 0.3 is 0 Å². The lowest BCUT2D eigenvalue weighted by molar-refractivity contribution is 0.334. The zero-order valence-corrected chi connectivity index (χ0v) is 10.9. The second kappa shape index (κ2) is 4.53. The summed E-state index contributed by atoms with van der Waals surface area (Å²) >= 11 is 1.68. The van der Waals surface area contributed by atoms with Crippen molar-refractivity contribution in [2.75, 3.05) is 18.0 Å². The smallest absolute Gasteiger partial charge is 0.266 e. The van der Waals surface area contributed by atoms with E-state index in [2.05, 4.69) is 20.4 Å². The van der Waals surface area contributed by atoms with Gasteiger partial charge in [-0.3, -0.25) is 4.79 Å². The Labute approximate surface area is 109 Å². The fraction of sp³-hybridized carbons (Fsp3) is 0.417. The van der Waals surface area contributed by atoms with Crippen molar-refractivity contribution in [1.29, 1.82) is 0 Å². The Balaban J connectivity index is 1.60. The lowest BCUT2D eigenvalue weighted by Gasteiger charge is -2.39. The van der Waals surface area contributed by atoms with E-state index in [0.29, 0.717) is 12.5 Å². The second-order valence-corrected chi connectivity index (χ2v) is 5.42. The minimum absolute atomic E-state index is 0.0268. The number of hydrogen-bond donors (Lipinski definition) is 0. The first-order chi connectivity index (χ1) is 8.72. The fourth-order valence-corrected chi connectivity index (χ4v) is 2.92. The predicted molar refractivity (Wildman–Crippen MR) is 71.1 cm³/mol. The van der Waals surface area contributed by atoms with Gasteiger partial charge in [-0.1, -0.05) is 0 Å². The van der Waals surface area contributed by atoms with E-state index in [1.54, 1.807) is 29.7 Å². The zero-order chi connectivity index (χ0) is 12.5. The summed E-state index contributed by atoms with van der Waals surface area (Å²) in [5.74, 6) is 0.488.